The van der Waals surface area contributed by atoms with E-state index in [-0.39, 0.29) is 0 Å². The maximum atomic E-state index is 12.8. The lowest BCUT2D eigenvalue weighted by Crippen LogP contribution is -2.47. The molecule has 0 amide bonds. The summed E-state index contributed by atoms with van der Waals surface area (Å²) in [6, 6.07) is 7.22. The van der Waals surface area contributed by atoms with Crippen LogP contribution >= 0.6 is 11.8 Å². The molecule has 1 fully saturated rings. The fraction of sp³-hybridized carbons (Fsp3) is 0.522. The van der Waals surface area contributed by atoms with Crippen LogP contribution in [0.25, 0.3) is 0 Å². The molecule has 1 N–H and O–H groups in total. The molecule has 0 bridgehead atoms. The second-order valence-corrected chi connectivity index (χ2v) is 9.25. The summed E-state index contributed by atoms with van der Waals surface area (Å²) in [4.78, 5) is 26.7. The van der Waals surface area contributed by atoms with Crippen molar-refractivity contribution in [1.29, 1.82) is 0 Å². The highest BCUT2D eigenvalue weighted by molar-refractivity contribution is 8.00. The summed E-state index contributed by atoms with van der Waals surface area (Å²) in [6.07, 6.45) is 2.74. The summed E-state index contributed by atoms with van der Waals surface area (Å²) in [5.41, 5.74) is 0. The van der Waals surface area contributed by atoms with Crippen LogP contribution in [0.3, 0.4) is 0 Å². The van der Waals surface area contributed by atoms with Crippen LogP contribution < -0.4 is 14.4 Å². The first-order valence-electron chi connectivity index (χ1n) is 11.2. The fourth-order valence-electron chi connectivity index (χ4n) is 3.88. The summed E-state index contributed by atoms with van der Waals surface area (Å²) < 4.78 is 16.7. The molecule has 2 aromatic rings. The number of methoxy groups -OCH3 is 1. The van der Waals surface area contributed by atoms with Crippen LogP contribution in [0.1, 0.15) is 13.3 Å². The number of piperazine rings is 1. The Bertz CT molecular complexity index is 926. The van der Waals surface area contributed by atoms with Gasteiger partial charge in [-0.25, -0.2) is 9.97 Å². The van der Waals surface area contributed by atoms with Gasteiger partial charge in [-0.1, -0.05) is 0 Å². The number of nitrogens with zero attached hydrogens (tertiary/aromatic N) is 4. The lowest BCUT2D eigenvalue weighted by Gasteiger charge is -2.34. The lowest BCUT2D eigenvalue weighted by atomic mass is 10.1. The van der Waals surface area contributed by atoms with E-state index in [1.807, 2.05) is 12.1 Å². The maximum absolute atomic E-state index is 12.8. The van der Waals surface area contributed by atoms with Crippen molar-refractivity contribution in [1.82, 2.24) is 14.9 Å². The Kier molecular flexibility index (Phi) is 7.89. The predicted molar refractivity (Wildman–Crippen MR) is 125 cm³/mol. The maximum Gasteiger partial charge on any atom is 0.322 e. The third-order valence-electron chi connectivity index (χ3n) is 5.81. The third-order valence-corrected chi connectivity index (χ3v) is 7.11. The smallest absolute Gasteiger partial charge is 0.322 e. The Morgan fingerprint density at radius 1 is 1.24 bits per heavy atom. The standard InChI is InChI=1S/C23H30N4O5S/c1-16-20(28)21(33-19-15-17(30-2)5-6-18(19)32-16)22(29)31-14-4-9-26-10-12-27(13-11-26)23-24-7-3-8-25-23/h3,5-8,15-16,20-21,28H,4,9-14H2,1-2H3/t16?,20-,21+/m0/s1. The zero-order valence-electron chi connectivity index (χ0n) is 18.9. The van der Waals surface area contributed by atoms with Gasteiger partial charge in [-0.3, -0.25) is 9.69 Å². The molecular weight excluding hydrogens is 444 g/mol. The molecular formula is C23H30N4O5S. The molecule has 178 valence electrons. The van der Waals surface area contributed by atoms with E-state index < -0.39 is 23.4 Å². The molecule has 1 unspecified atom stereocenters. The quantitative estimate of drug-likeness (QED) is 0.473. The number of aliphatic hydroxyl groups is 1. The first-order valence-corrected chi connectivity index (χ1v) is 12.0. The molecule has 1 saturated heterocycles. The second kappa shape index (κ2) is 11.0. The van der Waals surface area contributed by atoms with Crippen molar-refractivity contribution in [3.8, 4) is 11.5 Å². The van der Waals surface area contributed by atoms with Gasteiger partial charge in [-0.15, -0.1) is 11.8 Å². The van der Waals surface area contributed by atoms with E-state index in [0.29, 0.717) is 18.1 Å². The zero-order chi connectivity index (χ0) is 23.2. The Hall–Kier alpha value is -2.56. The Labute approximate surface area is 198 Å². The van der Waals surface area contributed by atoms with Crippen LogP contribution in [-0.2, 0) is 9.53 Å². The normalized spacial score (nSPS) is 23.2. The van der Waals surface area contributed by atoms with Gasteiger partial charge in [0.2, 0.25) is 5.95 Å². The number of aromatic nitrogens is 2. The first kappa shape index (κ1) is 23.6. The molecule has 3 heterocycles. The van der Waals surface area contributed by atoms with Gasteiger partial charge < -0.3 is 24.2 Å². The van der Waals surface area contributed by atoms with Crippen molar-refractivity contribution >= 4 is 23.7 Å². The Balaban J connectivity index is 1.24. The molecule has 3 atom stereocenters. The topological polar surface area (TPSA) is 97.3 Å². The molecule has 1 aromatic heterocycles. The highest BCUT2D eigenvalue weighted by Crippen LogP contribution is 2.40. The number of anilines is 1. The molecule has 2 aliphatic heterocycles. The minimum absolute atomic E-state index is 0.310. The Morgan fingerprint density at radius 3 is 2.73 bits per heavy atom. The van der Waals surface area contributed by atoms with Gasteiger partial charge in [-0.2, -0.15) is 0 Å². The lowest BCUT2D eigenvalue weighted by molar-refractivity contribution is -0.146. The number of hydrogen-bond acceptors (Lipinski definition) is 10. The molecule has 33 heavy (non-hydrogen) atoms. The number of benzene rings is 1. The predicted octanol–water partition coefficient (Wildman–Crippen LogP) is 1.84. The van der Waals surface area contributed by atoms with E-state index in [4.69, 9.17) is 14.2 Å². The SMILES string of the molecule is COc1ccc2c(c1)S[C@@H](C(=O)OCCCN1CCN(c3ncccn3)CC1)[C@@H](O)C(C)O2. The van der Waals surface area contributed by atoms with Crippen molar-refractivity contribution in [2.24, 2.45) is 0 Å². The van der Waals surface area contributed by atoms with E-state index in [2.05, 4.69) is 19.8 Å². The number of aliphatic hydroxyl groups excluding tert-OH is 1. The summed E-state index contributed by atoms with van der Waals surface area (Å²) in [5.74, 6) is 1.63. The number of thioether (sulfide) groups is 1. The van der Waals surface area contributed by atoms with E-state index >= 15 is 0 Å². The van der Waals surface area contributed by atoms with Crippen molar-refractivity contribution in [3.05, 3.63) is 36.7 Å². The van der Waals surface area contributed by atoms with E-state index in [0.717, 1.165) is 50.0 Å². The van der Waals surface area contributed by atoms with Crippen LogP contribution in [0, 0.1) is 0 Å². The van der Waals surface area contributed by atoms with Crippen LogP contribution in [-0.4, -0.2) is 89.8 Å². The van der Waals surface area contributed by atoms with Gasteiger partial charge in [0, 0.05) is 45.1 Å². The average molecular weight is 475 g/mol. The number of fused-ring (bicyclic) bond motifs is 1. The number of carbonyl (C=O) groups excluding carboxylic acids is 1. The van der Waals surface area contributed by atoms with E-state index in [9.17, 15) is 9.90 Å². The van der Waals surface area contributed by atoms with Crippen molar-refractivity contribution < 1.29 is 24.1 Å². The van der Waals surface area contributed by atoms with Gasteiger partial charge in [0.25, 0.3) is 0 Å². The highest BCUT2D eigenvalue weighted by atomic mass is 32.2. The van der Waals surface area contributed by atoms with Gasteiger partial charge in [-0.05, 0) is 37.6 Å². The summed E-state index contributed by atoms with van der Waals surface area (Å²) in [5, 5.41) is 9.90. The van der Waals surface area contributed by atoms with E-state index in [1.165, 1.54) is 11.8 Å². The van der Waals surface area contributed by atoms with Crippen LogP contribution in [0.5, 0.6) is 11.5 Å². The second-order valence-electron chi connectivity index (χ2n) is 8.06. The number of rotatable bonds is 7. The minimum Gasteiger partial charge on any atom is -0.497 e. The zero-order valence-corrected chi connectivity index (χ0v) is 19.7. The van der Waals surface area contributed by atoms with Gasteiger partial charge in [0.1, 0.15) is 29.0 Å². The number of esters is 1. The molecule has 10 heteroatoms. The monoisotopic (exact) mass is 474 g/mol. The van der Waals surface area contributed by atoms with Crippen LogP contribution in [0.2, 0.25) is 0 Å². The summed E-state index contributed by atoms with van der Waals surface area (Å²) >= 11 is 1.25. The molecule has 4 rings (SSSR count). The minimum atomic E-state index is -0.978. The Morgan fingerprint density at radius 2 is 2.00 bits per heavy atom. The van der Waals surface area contributed by atoms with Gasteiger partial charge in [0.15, 0.2) is 0 Å². The van der Waals surface area contributed by atoms with Gasteiger partial charge in [0.05, 0.1) is 18.6 Å². The molecule has 0 radical (unpaired) electrons. The van der Waals surface area contributed by atoms with Crippen LogP contribution in [0.4, 0.5) is 5.95 Å². The first-order chi connectivity index (χ1) is 16.0. The summed E-state index contributed by atoms with van der Waals surface area (Å²) in [7, 11) is 1.59. The molecule has 0 aliphatic carbocycles. The molecule has 0 spiro atoms. The molecule has 1 aromatic carbocycles. The number of carbonyl (C=O) groups is 1. The number of ether oxygens (including phenoxy) is 3. The van der Waals surface area contributed by atoms with Crippen molar-refractivity contribution in [2.45, 2.75) is 35.7 Å². The van der Waals surface area contributed by atoms with E-state index in [1.54, 1.807) is 38.6 Å². The van der Waals surface area contributed by atoms with Gasteiger partial charge >= 0.3 is 5.97 Å². The fourth-order valence-corrected chi connectivity index (χ4v) is 5.10. The summed E-state index contributed by atoms with van der Waals surface area (Å²) in [6.45, 7) is 6.48. The highest BCUT2D eigenvalue weighted by Gasteiger charge is 2.38. The third kappa shape index (κ3) is 5.87. The molecule has 0 saturated carbocycles. The number of hydrogen-bond donors (Lipinski definition) is 1. The molecule has 9 nitrogen and oxygen atoms in total. The largest absolute Gasteiger partial charge is 0.497 e. The van der Waals surface area contributed by atoms with Crippen molar-refractivity contribution in [2.75, 3.05) is 51.3 Å². The van der Waals surface area contributed by atoms with Crippen LogP contribution in [0.15, 0.2) is 41.6 Å². The molecule has 2 aliphatic rings. The average Bonchev–Trinajstić information content (AvgIpc) is 2.98. The van der Waals surface area contributed by atoms with Crippen molar-refractivity contribution in [3.63, 3.8) is 0 Å².